The van der Waals surface area contributed by atoms with Gasteiger partial charge >= 0.3 is 24.2 Å². The first-order valence-electron chi connectivity index (χ1n) is 5.94. The standard InChI is InChI=1S/C13H10F6N2O2/c1-2-3-20-10(22)11(23)21-9-5-7(12(14,15)16)4-8(6-9)13(17,18)19/h2,4-6H,1,3H2,(H,20,22)(H,21,23). The summed E-state index contributed by atoms with van der Waals surface area (Å²) in [6.07, 6.45) is -8.87. The van der Waals surface area contributed by atoms with Gasteiger partial charge in [0.2, 0.25) is 0 Å². The van der Waals surface area contributed by atoms with Crippen molar-refractivity contribution in [2.24, 2.45) is 0 Å². The van der Waals surface area contributed by atoms with Gasteiger partial charge in [0, 0.05) is 12.2 Å². The van der Waals surface area contributed by atoms with Gasteiger partial charge in [0.15, 0.2) is 0 Å². The van der Waals surface area contributed by atoms with Crippen molar-refractivity contribution < 1.29 is 35.9 Å². The molecule has 0 saturated carbocycles. The highest BCUT2D eigenvalue weighted by atomic mass is 19.4. The van der Waals surface area contributed by atoms with E-state index in [1.54, 1.807) is 5.32 Å². The Bertz CT molecular complexity index is 590. The highest BCUT2D eigenvalue weighted by molar-refractivity contribution is 6.39. The summed E-state index contributed by atoms with van der Waals surface area (Å²) in [7, 11) is 0. The SMILES string of the molecule is C=CCNC(=O)C(=O)Nc1cc(C(F)(F)F)cc(C(F)(F)F)c1. The van der Waals surface area contributed by atoms with E-state index < -0.39 is 41.0 Å². The van der Waals surface area contributed by atoms with Gasteiger partial charge in [-0.2, -0.15) is 26.3 Å². The minimum atomic E-state index is -5.05. The predicted molar refractivity (Wildman–Crippen MR) is 68.3 cm³/mol. The molecule has 2 amide bonds. The molecule has 0 aliphatic heterocycles. The number of amides is 2. The second-order valence-corrected chi connectivity index (χ2v) is 4.25. The Balaban J connectivity index is 3.13. The van der Waals surface area contributed by atoms with Crippen molar-refractivity contribution in [2.45, 2.75) is 12.4 Å². The van der Waals surface area contributed by atoms with Crippen LogP contribution in [0.1, 0.15) is 11.1 Å². The molecule has 23 heavy (non-hydrogen) atoms. The maximum atomic E-state index is 12.6. The average Bonchev–Trinajstić information content (AvgIpc) is 2.42. The molecule has 1 aromatic rings. The topological polar surface area (TPSA) is 58.2 Å². The Kier molecular flexibility index (Phi) is 5.41. The third-order valence-electron chi connectivity index (χ3n) is 2.46. The molecular weight excluding hydrogens is 330 g/mol. The lowest BCUT2D eigenvalue weighted by atomic mass is 10.1. The minimum Gasteiger partial charge on any atom is -0.344 e. The number of hydrogen-bond acceptors (Lipinski definition) is 2. The van der Waals surface area contributed by atoms with Crippen LogP contribution < -0.4 is 10.6 Å². The second-order valence-electron chi connectivity index (χ2n) is 4.25. The molecule has 0 spiro atoms. The molecule has 2 N–H and O–H groups in total. The van der Waals surface area contributed by atoms with E-state index in [0.717, 1.165) is 0 Å². The molecule has 0 saturated heterocycles. The van der Waals surface area contributed by atoms with Crippen LogP contribution in [0.5, 0.6) is 0 Å². The zero-order valence-electron chi connectivity index (χ0n) is 11.3. The van der Waals surface area contributed by atoms with E-state index in [-0.39, 0.29) is 12.6 Å². The maximum Gasteiger partial charge on any atom is 0.416 e. The van der Waals surface area contributed by atoms with E-state index in [1.165, 1.54) is 6.08 Å². The van der Waals surface area contributed by atoms with Crippen molar-refractivity contribution in [2.75, 3.05) is 11.9 Å². The van der Waals surface area contributed by atoms with Crippen LogP contribution >= 0.6 is 0 Å². The van der Waals surface area contributed by atoms with Crippen LogP contribution in [0.3, 0.4) is 0 Å². The Labute approximate surface area is 126 Å². The summed E-state index contributed by atoms with van der Waals surface area (Å²) in [4.78, 5) is 22.7. The third-order valence-corrected chi connectivity index (χ3v) is 2.46. The van der Waals surface area contributed by atoms with Gasteiger partial charge in [-0.3, -0.25) is 9.59 Å². The van der Waals surface area contributed by atoms with Crippen LogP contribution in [0.25, 0.3) is 0 Å². The van der Waals surface area contributed by atoms with Crippen LogP contribution in [0.2, 0.25) is 0 Å². The van der Waals surface area contributed by atoms with E-state index in [2.05, 4.69) is 6.58 Å². The fraction of sp³-hybridized carbons (Fsp3) is 0.231. The number of anilines is 1. The Morgan fingerprint density at radius 2 is 1.43 bits per heavy atom. The van der Waals surface area contributed by atoms with Gasteiger partial charge in [0.05, 0.1) is 11.1 Å². The quantitative estimate of drug-likeness (QED) is 0.505. The minimum absolute atomic E-state index is 0.0898. The zero-order chi connectivity index (χ0) is 17.8. The van der Waals surface area contributed by atoms with Gasteiger partial charge < -0.3 is 10.6 Å². The maximum absolute atomic E-state index is 12.6. The molecule has 0 atom stereocenters. The normalized spacial score (nSPS) is 11.7. The summed E-state index contributed by atoms with van der Waals surface area (Å²) < 4.78 is 75.8. The van der Waals surface area contributed by atoms with Gasteiger partial charge in [-0.1, -0.05) is 6.08 Å². The van der Waals surface area contributed by atoms with Crippen molar-refractivity contribution in [3.8, 4) is 0 Å². The number of carbonyl (C=O) groups excluding carboxylic acids is 2. The molecule has 0 fully saturated rings. The summed E-state index contributed by atoms with van der Waals surface area (Å²) in [5.41, 5.74) is -4.01. The van der Waals surface area contributed by atoms with Gasteiger partial charge in [-0.05, 0) is 18.2 Å². The van der Waals surface area contributed by atoms with E-state index in [9.17, 15) is 35.9 Å². The van der Waals surface area contributed by atoms with Crippen LogP contribution in [0.4, 0.5) is 32.0 Å². The first-order chi connectivity index (χ1) is 10.4. The summed E-state index contributed by atoms with van der Waals surface area (Å²) >= 11 is 0. The smallest absolute Gasteiger partial charge is 0.344 e. The number of alkyl halides is 6. The highest BCUT2D eigenvalue weighted by Gasteiger charge is 2.37. The molecule has 126 valence electrons. The fourth-order valence-corrected chi connectivity index (χ4v) is 1.46. The van der Waals surface area contributed by atoms with Crippen molar-refractivity contribution in [3.05, 3.63) is 42.0 Å². The summed E-state index contributed by atoms with van der Waals surface area (Å²) in [5.74, 6) is -2.63. The molecule has 0 aliphatic carbocycles. The van der Waals surface area contributed by atoms with Gasteiger partial charge in [-0.15, -0.1) is 6.58 Å². The lowest BCUT2D eigenvalue weighted by Crippen LogP contribution is -2.35. The van der Waals surface area contributed by atoms with Crippen molar-refractivity contribution >= 4 is 17.5 Å². The summed E-state index contributed by atoms with van der Waals surface area (Å²) in [6.45, 7) is 3.16. The number of rotatable bonds is 3. The molecule has 0 aliphatic rings. The van der Waals surface area contributed by atoms with E-state index in [1.807, 2.05) is 5.32 Å². The Morgan fingerprint density at radius 3 is 1.83 bits per heavy atom. The fourth-order valence-electron chi connectivity index (χ4n) is 1.46. The molecule has 0 aromatic heterocycles. The van der Waals surface area contributed by atoms with Crippen LogP contribution in [-0.2, 0) is 21.9 Å². The molecule has 0 heterocycles. The number of halogens is 6. The average molecular weight is 340 g/mol. The number of carbonyl (C=O) groups is 2. The molecule has 0 bridgehead atoms. The van der Waals surface area contributed by atoms with Crippen LogP contribution in [0.15, 0.2) is 30.9 Å². The monoisotopic (exact) mass is 340 g/mol. The molecule has 0 unspecified atom stereocenters. The molecule has 10 heteroatoms. The Hall–Kier alpha value is -2.52. The first kappa shape index (κ1) is 18.5. The second kappa shape index (κ2) is 6.71. The molecule has 0 radical (unpaired) electrons. The van der Waals surface area contributed by atoms with E-state index >= 15 is 0 Å². The zero-order valence-corrected chi connectivity index (χ0v) is 11.3. The predicted octanol–water partition coefficient (Wildman–Crippen LogP) is 2.96. The lowest BCUT2D eigenvalue weighted by molar-refractivity contribution is -0.143. The van der Waals surface area contributed by atoms with Crippen molar-refractivity contribution in [3.63, 3.8) is 0 Å². The highest BCUT2D eigenvalue weighted by Crippen LogP contribution is 2.37. The van der Waals surface area contributed by atoms with Crippen molar-refractivity contribution in [1.29, 1.82) is 0 Å². The van der Waals surface area contributed by atoms with Gasteiger partial charge in [-0.25, -0.2) is 0 Å². The largest absolute Gasteiger partial charge is 0.416 e. The molecule has 4 nitrogen and oxygen atoms in total. The lowest BCUT2D eigenvalue weighted by Gasteiger charge is -2.14. The molecular formula is C13H10F6N2O2. The van der Waals surface area contributed by atoms with Crippen LogP contribution in [-0.4, -0.2) is 18.4 Å². The van der Waals surface area contributed by atoms with E-state index in [0.29, 0.717) is 12.1 Å². The van der Waals surface area contributed by atoms with Gasteiger partial charge in [0.1, 0.15) is 0 Å². The number of nitrogens with one attached hydrogen (secondary N) is 2. The number of hydrogen-bond donors (Lipinski definition) is 2. The summed E-state index contributed by atoms with van der Waals surface area (Å²) in [5, 5.41) is 3.72. The van der Waals surface area contributed by atoms with Gasteiger partial charge in [0.25, 0.3) is 0 Å². The molecule has 1 rings (SSSR count). The molecule has 1 aromatic carbocycles. The van der Waals surface area contributed by atoms with E-state index in [4.69, 9.17) is 0 Å². The third kappa shape index (κ3) is 5.31. The number of benzene rings is 1. The first-order valence-corrected chi connectivity index (χ1v) is 5.94. The van der Waals surface area contributed by atoms with Crippen molar-refractivity contribution in [1.82, 2.24) is 5.32 Å². The Morgan fingerprint density at radius 1 is 0.957 bits per heavy atom. The summed E-state index contributed by atoms with van der Waals surface area (Å²) in [6, 6.07) is 0.509. The van der Waals surface area contributed by atoms with Crippen LogP contribution in [0, 0.1) is 0 Å².